The zero-order valence-corrected chi connectivity index (χ0v) is 18.0. The highest BCUT2D eigenvalue weighted by Crippen LogP contribution is 2.28. The minimum absolute atomic E-state index is 0.142. The summed E-state index contributed by atoms with van der Waals surface area (Å²) in [5.41, 5.74) is 1.35. The van der Waals surface area contributed by atoms with Gasteiger partial charge in [0.05, 0.1) is 23.8 Å². The van der Waals surface area contributed by atoms with Gasteiger partial charge in [-0.05, 0) is 36.0 Å². The largest absolute Gasteiger partial charge is 0.466 e. The third-order valence-corrected chi connectivity index (χ3v) is 5.31. The summed E-state index contributed by atoms with van der Waals surface area (Å²) >= 11 is 0.950. The maximum absolute atomic E-state index is 12.7. The summed E-state index contributed by atoms with van der Waals surface area (Å²) in [6, 6.07) is 15.8. The highest BCUT2D eigenvalue weighted by Gasteiger charge is 2.25. The van der Waals surface area contributed by atoms with E-state index in [0.29, 0.717) is 16.6 Å². The summed E-state index contributed by atoms with van der Waals surface area (Å²) < 4.78 is 10.2. The van der Waals surface area contributed by atoms with Crippen molar-refractivity contribution in [2.24, 2.45) is 10.2 Å². The number of esters is 2. The molecule has 1 amide bonds. The van der Waals surface area contributed by atoms with Crippen LogP contribution in [0.25, 0.3) is 10.9 Å². The second kappa shape index (κ2) is 9.88. The van der Waals surface area contributed by atoms with Gasteiger partial charge >= 0.3 is 11.9 Å². The van der Waals surface area contributed by atoms with Gasteiger partial charge in [-0.2, -0.15) is 5.10 Å². The lowest BCUT2D eigenvalue weighted by Crippen LogP contribution is -2.19. The van der Waals surface area contributed by atoms with Crippen molar-refractivity contribution in [3.8, 4) is 5.75 Å². The lowest BCUT2D eigenvalue weighted by molar-refractivity contribution is -0.135. The van der Waals surface area contributed by atoms with E-state index in [1.54, 1.807) is 48.7 Å². The molecule has 1 aromatic heterocycles. The molecular weight excluding hydrogens is 444 g/mol. The molecule has 1 saturated heterocycles. The standard InChI is InChI=1S/C23H16N4O5S/c1-31-18(28)12-17-21(29)26-23(33-17)27-25-13-16-10-9-14-8-5-11-24-19(14)20(16)32-22(30)15-6-3-2-4-7-15/h2-13H,1H3,(H,26,27,29)/b17-12+,25-13?. The molecule has 2 aromatic carbocycles. The molecule has 4 rings (SSSR count). The summed E-state index contributed by atoms with van der Waals surface area (Å²) in [4.78, 5) is 40.4. The number of fused-ring (bicyclic) bond motifs is 1. The number of nitrogens with one attached hydrogen (secondary N) is 1. The fraction of sp³-hybridized carbons (Fsp3) is 0.0435. The van der Waals surface area contributed by atoms with Crippen molar-refractivity contribution in [3.05, 3.63) is 82.9 Å². The minimum Gasteiger partial charge on any atom is -0.466 e. The van der Waals surface area contributed by atoms with Crippen LogP contribution < -0.4 is 10.1 Å². The molecular formula is C23H16N4O5S. The minimum atomic E-state index is -0.647. The number of benzene rings is 2. The number of carbonyl (C=O) groups is 3. The van der Waals surface area contributed by atoms with Crippen LogP contribution in [0.5, 0.6) is 5.75 Å². The molecule has 0 unspecified atom stereocenters. The van der Waals surface area contributed by atoms with Crippen molar-refractivity contribution in [2.75, 3.05) is 7.11 Å². The van der Waals surface area contributed by atoms with Gasteiger partial charge in [-0.3, -0.25) is 15.1 Å². The van der Waals surface area contributed by atoms with E-state index in [4.69, 9.17) is 4.74 Å². The molecule has 0 radical (unpaired) electrons. The van der Waals surface area contributed by atoms with Crippen molar-refractivity contribution in [1.82, 2.24) is 10.3 Å². The molecule has 0 saturated carbocycles. The number of nitrogens with zero attached hydrogens (tertiary/aromatic N) is 3. The highest BCUT2D eigenvalue weighted by atomic mass is 32.2. The van der Waals surface area contributed by atoms with Crippen LogP contribution in [0.3, 0.4) is 0 Å². The van der Waals surface area contributed by atoms with Gasteiger partial charge in [-0.15, -0.1) is 5.10 Å². The van der Waals surface area contributed by atoms with Gasteiger partial charge in [0.15, 0.2) is 10.9 Å². The Bertz CT molecular complexity index is 1340. The summed E-state index contributed by atoms with van der Waals surface area (Å²) in [5.74, 6) is -1.43. The van der Waals surface area contributed by atoms with Crippen molar-refractivity contribution < 1.29 is 23.9 Å². The fourth-order valence-corrected chi connectivity index (χ4v) is 3.59. The second-order valence-electron chi connectivity index (χ2n) is 6.55. The zero-order chi connectivity index (χ0) is 23.2. The molecule has 10 heteroatoms. The van der Waals surface area contributed by atoms with E-state index >= 15 is 0 Å². The van der Waals surface area contributed by atoms with E-state index in [-0.39, 0.29) is 15.8 Å². The number of carbonyl (C=O) groups excluding carboxylic acids is 3. The quantitative estimate of drug-likeness (QED) is 0.204. The molecule has 3 aromatic rings. The number of ether oxygens (including phenoxy) is 2. The topological polar surface area (TPSA) is 119 Å². The SMILES string of the molecule is COC(=O)/C=C1/S/C(=N\N=Cc2ccc3cccnc3c2OC(=O)c2ccccc2)NC1=O. The molecule has 9 nitrogen and oxygen atoms in total. The molecule has 1 aliphatic heterocycles. The Morgan fingerprint density at radius 2 is 1.91 bits per heavy atom. The van der Waals surface area contributed by atoms with E-state index in [1.165, 1.54) is 13.3 Å². The van der Waals surface area contributed by atoms with Crippen LogP contribution in [0.2, 0.25) is 0 Å². The molecule has 33 heavy (non-hydrogen) atoms. The average Bonchev–Trinajstić information content (AvgIpc) is 3.19. The number of thioether (sulfide) groups is 1. The molecule has 0 spiro atoms. The summed E-state index contributed by atoms with van der Waals surface area (Å²) in [7, 11) is 1.22. The van der Waals surface area contributed by atoms with Crippen molar-refractivity contribution in [1.29, 1.82) is 0 Å². The Kier molecular flexibility index (Phi) is 6.56. The van der Waals surface area contributed by atoms with E-state index < -0.39 is 17.8 Å². The number of methoxy groups -OCH3 is 1. The van der Waals surface area contributed by atoms with Crippen LogP contribution in [0, 0.1) is 0 Å². The molecule has 1 aliphatic rings. The zero-order valence-electron chi connectivity index (χ0n) is 17.2. The van der Waals surface area contributed by atoms with Crippen molar-refractivity contribution in [2.45, 2.75) is 0 Å². The normalized spacial score (nSPS) is 15.8. The Hall–Kier alpha value is -4.31. The van der Waals surface area contributed by atoms with E-state index in [0.717, 1.165) is 23.2 Å². The van der Waals surface area contributed by atoms with Crippen LogP contribution in [0.15, 0.2) is 82.0 Å². The first-order valence-corrected chi connectivity index (χ1v) is 10.4. The van der Waals surface area contributed by atoms with Crippen LogP contribution in [-0.4, -0.2) is 41.3 Å². The maximum Gasteiger partial charge on any atom is 0.343 e. The number of pyridine rings is 1. The third-order valence-electron chi connectivity index (χ3n) is 4.41. The second-order valence-corrected chi connectivity index (χ2v) is 7.58. The number of rotatable bonds is 5. The fourth-order valence-electron chi connectivity index (χ4n) is 2.85. The molecule has 2 heterocycles. The summed E-state index contributed by atoms with van der Waals surface area (Å²) in [6.07, 6.45) is 4.06. The highest BCUT2D eigenvalue weighted by molar-refractivity contribution is 8.18. The van der Waals surface area contributed by atoms with Crippen LogP contribution >= 0.6 is 11.8 Å². The van der Waals surface area contributed by atoms with Gasteiger partial charge in [0.1, 0.15) is 5.52 Å². The van der Waals surface area contributed by atoms with Gasteiger partial charge in [-0.25, -0.2) is 9.59 Å². The monoisotopic (exact) mass is 460 g/mol. The number of hydrogen-bond donors (Lipinski definition) is 1. The van der Waals surface area contributed by atoms with Crippen LogP contribution in [0.1, 0.15) is 15.9 Å². The predicted octanol–water partition coefficient (Wildman–Crippen LogP) is 3.06. The molecule has 164 valence electrons. The first-order chi connectivity index (χ1) is 16.0. The van der Waals surface area contributed by atoms with E-state index in [1.807, 2.05) is 12.1 Å². The summed E-state index contributed by atoms with van der Waals surface area (Å²) in [5, 5.41) is 11.5. The molecule has 1 N–H and O–H groups in total. The van der Waals surface area contributed by atoms with E-state index in [9.17, 15) is 14.4 Å². The Morgan fingerprint density at radius 3 is 2.70 bits per heavy atom. The number of aromatic nitrogens is 1. The average molecular weight is 460 g/mol. The maximum atomic E-state index is 12.7. The van der Waals surface area contributed by atoms with Gasteiger partial charge in [0, 0.05) is 23.2 Å². The Morgan fingerprint density at radius 1 is 1.09 bits per heavy atom. The van der Waals surface area contributed by atoms with Gasteiger partial charge in [-0.1, -0.05) is 30.3 Å². The predicted molar refractivity (Wildman–Crippen MR) is 124 cm³/mol. The van der Waals surface area contributed by atoms with Gasteiger partial charge < -0.3 is 9.47 Å². The molecule has 0 atom stereocenters. The third kappa shape index (κ3) is 5.13. The molecule has 0 aliphatic carbocycles. The molecule has 1 fully saturated rings. The lowest BCUT2D eigenvalue weighted by Gasteiger charge is -2.10. The Balaban J connectivity index is 1.62. The summed E-state index contributed by atoms with van der Waals surface area (Å²) in [6.45, 7) is 0. The first-order valence-electron chi connectivity index (χ1n) is 9.60. The number of hydrogen-bond acceptors (Lipinski definition) is 9. The van der Waals surface area contributed by atoms with E-state index in [2.05, 4.69) is 25.2 Å². The number of amides is 1. The van der Waals surface area contributed by atoms with Crippen molar-refractivity contribution in [3.63, 3.8) is 0 Å². The van der Waals surface area contributed by atoms with Crippen molar-refractivity contribution >= 4 is 51.9 Å². The smallest absolute Gasteiger partial charge is 0.343 e. The lowest BCUT2D eigenvalue weighted by atomic mass is 10.1. The number of amidine groups is 1. The molecule has 0 bridgehead atoms. The van der Waals surface area contributed by atoms with Gasteiger partial charge in [0.25, 0.3) is 5.91 Å². The van der Waals surface area contributed by atoms with Crippen LogP contribution in [-0.2, 0) is 14.3 Å². The van der Waals surface area contributed by atoms with Gasteiger partial charge in [0.2, 0.25) is 0 Å². The Labute approximate surface area is 192 Å². The van der Waals surface area contributed by atoms with Crippen LogP contribution in [0.4, 0.5) is 0 Å². The first kappa shape index (κ1) is 21.9.